The molecule has 0 saturated heterocycles. The molecule has 2 aromatic rings. The van der Waals surface area contributed by atoms with Crippen molar-refractivity contribution in [3.8, 4) is 11.1 Å². The second-order valence-electron chi connectivity index (χ2n) is 6.07. The zero-order valence-electron chi connectivity index (χ0n) is 13.4. The van der Waals surface area contributed by atoms with E-state index in [1.54, 1.807) is 5.57 Å². The van der Waals surface area contributed by atoms with E-state index in [4.69, 9.17) is 0 Å². The average Bonchev–Trinajstić information content (AvgIpc) is 2.92. The molecule has 0 heterocycles. The number of hydrogen-bond acceptors (Lipinski definition) is 0. The van der Waals surface area contributed by atoms with Crippen molar-refractivity contribution in [1.29, 1.82) is 0 Å². The Hall–Kier alpha value is -1.82. The van der Waals surface area contributed by atoms with Crippen LogP contribution in [-0.2, 0) is 12.8 Å². The number of benzene rings is 2. The Morgan fingerprint density at radius 2 is 1.81 bits per heavy atom. The molecule has 0 aromatic heterocycles. The van der Waals surface area contributed by atoms with E-state index in [0.29, 0.717) is 0 Å². The molecule has 0 aliphatic heterocycles. The summed E-state index contributed by atoms with van der Waals surface area (Å²) in [6, 6.07) is 13.5. The van der Waals surface area contributed by atoms with Gasteiger partial charge in [0.15, 0.2) is 0 Å². The summed E-state index contributed by atoms with van der Waals surface area (Å²) in [5.74, 6) is 0. The standard InChI is InChI=1S/C21H24/c1-4-8-17-11-12-18-13-16(5-2)14-20(18)21(17)19-10-7-6-9-15(19)3/h6-7,9-12,14H,4-5,8,13H2,1-3H3. The summed E-state index contributed by atoms with van der Waals surface area (Å²) >= 11 is 0. The molecular weight excluding hydrogens is 252 g/mol. The Morgan fingerprint density at radius 1 is 1.00 bits per heavy atom. The summed E-state index contributed by atoms with van der Waals surface area (Å²) < 4.78 is 0. The fourth-order valence-electron chi connectivity index (χ4n) is 3.40. The lowest BCUT2D eigenvalue weighted by Gasteiger charge is -2.16. The van der Waals surface area contributed by atoms with Crippen LogP contribution in [0.15, 0.2) is 42.0 Å². The van der Waals surface area contributed by atoms with Crippen molar-refractivity contribution in [3.05, 3.63) is 64.2 Å². The van der Waals surface area contributed by atoms with E-state index in [9.17, 15) is 0 Å². The van der Waals surface area contributed by atoms with Crippen LogP contribution in [-0.4, -0.2) is 0 Å². The zero-order valence-corrected chi connectivity index (χ0v) is 13.4. The van der Waals surface area contributed by atoms with Gasteiger partial charge in [0.05, 0.1) is 0 Å². The molecule has 0 saturated carbocycles. The third kappa shape index (κ3) is 2.55. The SMILES string of the molecule is CCCc1ccc2c(c1-c1ccccc1C)C=C(CC)C2. The van der Waals surface area contributed by atoms with Crippen molar-refractivity contribution in [3.63, 3.8) is 0 Å². The zero-order chi connectivity index (χ0) is 14.8. The molecule has 0 fully saturated rings. The van der Waals surface area contributed by atoms with Crippen molar-refractivity contribution in [2.45, 2.75) is 46.5 Å². The van der Waals surface area contributed by atoms with Crippen molar-refractivity contribution in [2.75, 3.05) is 0 Å². The van der Waals surface area contributed by atoms with Gasteiger partial charge in [-0.15, -0.1) is 0 Å². The highest BCUT2D eigenvalue weighted by molar-refractivity contribution is 5.84. The van der Waals surface area contributed by atoms with Crippen molar-refractivity contribution in [1.82, 2.24) is 0 Å². The van der Waals surface area contributed by atoms with Gasteiger partial charge in [-0.3, -0.25) is 0 Å². The fraction of sp³-hybridized carbons (Fsp3) is 0.333. The smallest absolute Gasteiger partial charge is 0.00577 e. The van der Waals surface area contributed by atoms with Gasteiger partial charge in [0.2, 0.25) is 0 Å². The van der Waals surface area contributed by atoms with Gasteiger partial charge in [-0.1, -0.05) is 68.3 Å². The van der Waals surface area contributed by atoms with Gasteiger partial charge in [0.25, 0.3) is 0 Å². The van der Waals surface area contributed by atoms with Gasteiger partial charge in [-0.05, 0) is 59.6 Å². The lowest BCUT2D eigenvalue weighted by Crippen LogP contribution is -1.97. The molecule has 21 heavy (non-hydrogen) atoms. The Balaban J connectivity index is 2.24. The number of fused-ring (bicyclic) bond motifs is 1. The van der Waals surface area contributed by atoms with Crippen LogP contribution < -0.4 is 0 Å². The topological polar surface area (TPSA) is 0 Å². The normalized spacial score (nSPS) is 13.2. The van der Waals surface area contributed by atoms with Crippen LogP contribution in [0.1, 0.15) is 48.9 Å². The third-order valence-corrected chi connectivity index (χ3v) is 4.58. The van der Waals surface area contributed by atoms with Crippen LogP contribution in [0.5, 0.6) is 0 Å². The summed E-state index contributed by atoms with van der Waals surface area (Å²) in [7, 11) is 0. The van der Waals surface area contributed by atoms with Crippen molar-refractivity contribution in [2.24, 2.45) is 0 Å². The molecule has 0 amide bonds. The molecule has 0 N–H and O–H groups in total. The summed E-state index contributed by atoms with van der Waals surface area (Å²) in [6.07, 6.45) is 7.09. The second-order valence-corrected chi connectivity index (χ2v) is 6.07. The van der Waals surface area contributed by atoms with Gasteiger partial charge in [0, 0.05) is 0 Å². The lowest BCUT2D eigenvalue weighted by atomic mass is 9.88. The largest absolute Gasteiger partial charge is 0.0655 e. The van der Waals surface area contributed by atoms with Gasteiger partial charge < -0.3 is 0 Å². The van der Waals surface area contributed by atoms with E-state index in [1.807, 2.05) is 0 Å². The molecule has 2 aromatic carbocycles. The van der Waals surface area contributed by atoms with E-state index in [2.05, 4.69) is 63.2 Å². The Kier molecular flexibility index (Phi) is 3.96. The summed E-state index contributed by atoms with van der Waals surface area (Å²) in [6.45, 7) is 6.75. The van der Waals surface area contributed by atoms with E-state index in [1.165, 1.54) is 39.8 Å². The maximum atomic E-state index is 2.44. The predicted molar refractivity (Wildman–Crippen MR) is 92.6 cm³/mol. The Morgan fingerprint density at radius 3 is 2.52 bits per heavy atom. The molecule has 3 rings (SSSR count). The monoisotopic (exact) mass is 276 g/mol. The minimum Gasteiger partial charge on any atom is -0.0655 e. The Bertz CT molecular complexity index is 689. The van der Waals surface area contributed by atoms with Crippen LogP contribution in [0.25, 0.3) is 17.2 Å². The highest BCUT2D eigenvalue weighted by Crippen LogP contribution is 2.39. The van der Waals surface area contributed by atoms with Crippen LogP contribution in [0.3, 0.4) is 0 Å². The first kappa shape index (κ1) is 14.1. The van der Waals surface area contributed by atoms with Gasteiger partial charge in [0.1, 0.15) is 0 Å². The molecule has 108 valence electrons. The quantitative estimate of drug-likeness (QED) is 0.646. The number of allylic oxidation sites excluding steroid dienone is 1. The first-order valence-electron chi connectivity index (χ1n) is 8.14. The van der Waals surface area contributed by atoms with Crippen LogP contribution >= 0.6 is 0 Å². The molecular formula is C21H24. The number of hydrogen-bond donors (Lipinski definition) is 0. The molecule has 0 spiro atoms. The Labute approximate surface area is 128 Å². The number of aryl methyl sites for hydroxylation is 2. The van der Waals surface area contributed by atoms with E-state index in [-0.39, 0.29) is 0 Å². The van der Waals surface area contributed by atoms with Crippen LogP contribution in [0, 0.1) is 6.92 Å². The molecule has 0 nitrogen and oxygen atoms in total. The second kappa shape index (κ2) is 5.89. The molecule has 0 unspecified atom stereocenters. The fourth-order valence-corrected chi connectivity index (χ4v) is 3.40. The molecule has 0 heteroatoms. The molecule has 1 aliphatic carbocycles. The highest BCUT2D eigenvalue weighted by atomic mass is 14.2. The van der Waals surface area contributed by atoms with Crippen molar-refractivity contribution < 1.29 is 0 Å². The van der Waals surface area contributed by atoms with E-state index >= 15 is 0 Å². The van der Waals surface area contributed by atoms with Crippen molar-refractivity contribution >= 4 is 6.08 Å². The summed E-state index contributed by atoms with van der Waals surface area (Å²) in [5.41, 5.74) is 10.3. The van der Waals surface area contributed by atoms with Crippen LogP contribution in [0.2, 0.25) is 0 Å². The van der Waals surface area contributed by atoms with Crippen LogP contribution in [0.4, 0.5) is 0 Å². The first-order valence-corrected chi connectivity index (χ1v) is 8.14. The maximum Gasteiger partial charge on any atom is -0.00577 e. The molecule has 0 bridgehead atoms. The van der Waals surface area contributed by atoms with E-state index < -0.39 is 0 Å². The predicted octanol–water partition coefficient (Wildman–Crippen LogP) is 5.96. The first-order chi connectivity index (χ1) is 10.2. The number of rotatable bonds is 4. The molecule has 1 aliphatic rings. The maximum absolute atomic E-state index is 2.44. The minimum atomic E-state index is 1.14. The van der Waals surface area contributed by atoms with E-state index in [0.717, 1.165) is 19.3 Å². The van der Waals surface area contributed by atoms with Gasteiger partial charge in [-0.2, -0.15) is 0 Å². The minimum absolute atomic E-state index is 1.14. The third-order valence-electron chi connectivity index (χ3n) is 4.58. The lowest BCUT2D eigenvalue weighted by molar-refractivity contribution is 0.921. The van der Waals surface area contributed by atoms with Gasteiger partial charge in [-0.25, -0.2) is 0 Å². The highest BCUT2D eigenvalue weighted by Gasteiger charge is 2.19. The molecule has 0 radical (unpaired) electrons. The average molecular weight is 276 g/mol. The molecule has 0 atom stereocenters. The summed E-state index contributed by atoms with van der Waals surface area (Å²) in [5, 5.41) is 0. The van der Waals surface area contributed by atoms with Gasteiger partial charge >= 0.3 is 0 Å². The summed E-state index contributed by atoms with van der Waals surface area (Å²) in [4.78, 5) is 0.